The molecular weight excluding hydrogens is 243 g/mol. The molecule has 0 amide bonds. The van der Waals surface area contributed by atoms with Crippen molar-refractivity contribution < 1.29 is 9.23 Å². The topological polar surface area (TPSA) is 34.5 Å². The van der Waals surface area contributed by atoms with Crippen molar-refractivity contribution in [3.63, 3.8) is 0 Å². The van der Waals surface area contributed by atoms with E-state index in [1.54, 1.807) is 12.3 Å². The van der Waals surface area contributed by atoms with E-state index in [2.05, 4.69) is 22.0 Å². The number of hydrogen-bond acceptors (Lipinski definition) is 3. The van der Waals surface area contributed by atoms with Gasteiger partial charge in [-0.2, -0.15) is 0 Å². The number of pyridine rings is 1. The summed E-state index contributed by atoms with van der Waals surface area (Å²) in [5, 5.41) is 3.77. The summed E-state index contributed by atoms with van der Waals surface area (Å²) in [5.41, 5.74) is 1.88. The van der Waals surface area contributed by atoms with Crippen molar-refractivity contribution in [3.8, 4) is 11.8 Å². The number of oxime groups is 1. The Kier molecular flexibility index (Phi) is 4.68. The molecule has 0 aliphatic heterocycles. The van der Waals surface area contributed by atoms with Gasteiger partial charge in [0.25, 0.3) is 0 Å². The first-order valence-electron chi connectivity index (χ1n) is 6.27. The van der Waals surface area contributed by atoms with E-state index >= 15 is 0 Å². The molecule has 2 rings (SSSR count). The van der Waals surface area contributed by atoms with Crippen molar-refractivity contribution in [2.75, 3.05) is 6.61 Å². The van der Waals surface area contributed by atoms with Gasteiger partial charge in [-0.15, -0.1) is 0 Å². The predicted octanol–water partition coefficient (Wildman–Crippen LogP) is 2.88. The maximum atomic E-state index is 13.6. The highest BCUT2D eigenvalue weighted by molar-refractivity contribution is 6.00. The number of alkyl halides is 1. The number of aromatic nitrogens is 1. The predicted molar refractivity (Wildman–Crippen MR) is 72.4 cm³/mol. The fourth-order valence-electron chi connectivity index (χ4n) is 1.67. The lowest BCUT2D eigenvalue weighted by molar-refractivity contribution is 0.156. The van der Waals surface area contributed by atoms with Gasteiger partial charge < -0.3 is 4.84 Å². The molecule has 1 unspecified atom stereocenters. The summed E-state index contributed by atoms with van der Waals surface area (Å²) in [6, 6.07) is 5.56. The van der Waals surface area contributed by atoms with Crippen LogP contribution in [-0.2, 0) is 4.84 Å². The zero-order valence-corrected chi connectivity index (χ0v) is 10.8. The highest BCUT2D eigenvalue weighted by atomic mass is 19.1. The van der Waals surface area contributed by atoms with E-state index in [1.165, 1.54) is 0 Å². The lowest BCUT2D eigenvalue weighted by atomic mass is 9.97. The van der Waals surface area contributed by atoms with Crippen molar-refractivity contribution in [1.82, 2.24) is 4.98 Å². The summed E-state index contributed by atoms with van der Waals surface area (Å²) in [4.78, 5) is 9.01. The summed E-state index contributed by atoms with van der Waals surface area (Å²) in [6.07, 6.45) is 3.31. The van der Waals surface area contributed by atoms with Crippen LogP contribution < -0.4 is 0 Å². The van der Waals surface area contributed by atoms with Crippen molar-refractivity contribution in [2.45, 2.75) is 25.9 Å². The second-order valence-corrected chi connectivity index (χ2v) is 4.07. The van der Waals surface area contributed by atoms with E-state index in [1.807, 2.05) is 25.1 Å². The van der Waals surface area contributed by atoms with Crippen molar-refractivity contribution in [1.29, 1.82) is 0 Å². The zero-order chi connectivity index (χ0) is 13.5. The Bertz CT molecular complexity index is 540. The van der Waals surface area contributed by atoms with E-state index in [9.17, 15) is 4.39 Å². The largest absolute Gasteiger partial charge is 0.396 e. The maximum Gasteiger partial charge on any atom is 0.146 e. The number of hydrogen-bond donors (Lipinski definition) is 0. The smallest absolute Gasteiger partial charge is 0.146 e. The lowest BCUT2D eigenvalue weighted by Gasteiger charge is -2.14. The van der Waals surface area contributed by atoms with Gasteiger partial charge in [0.05, 0.1) is 0 Å². The fourth-order valence-corrected chi connectivity index (χ4v) is 1.67. The third-order valence-electron chi connectivity index (χ3n) is 2.63. The Hall–Kier alpha value is -2.15. The van der Waals surface area contributed by atoms with Crippen LogP contribution in [0, 0.1) is 11.8 Å². The molecule has 0 bridgehead atoms. The standard InChI is InChI=1S/C15H15FN2O/c1-2-19-18-15-11-12(7-9-14(15)16)6-8-13-5-3-4-10-17-13/h3-5,10-11,14H,2,7,9H2,1H3/b18-15+. The van der Waals surface area contributed by atoms with Crippen LogP contribution in [0.4, 0.5) is 4.39 Å². The molecule has 1 aromatic heterocycles. The molecule has 0 aromatic carbocycles. The molecular formula is C15H15FN2O. The monoisotopic (exact) mass is 258 g/mol. The van der Waals surface area contributed by atoms with Gasteiger partial charge in [-0.25, -0.2) is 9.37 Å². The molecule has 3 nitrogen and oxygen atoms in total. The molecule has 1 aromatic rings. The van der Waals surface area contributed by atoms with E-state index in [0.29, 0.717) is 30.9 Å². The summed E-state index contributed by atoms with van der Waals surface area (Å²) in [5.74, 6) is 5.97. The molecule has 0 N–H and O–H groups in total. The summed E-state index contributed by atoms with van der Waals surface area (Å²) < 4.78 is 13.6. The minimum absolute atomic E-state index is 0.318. The van der Waals surface area contributed by atoms with Crippen molar-refractivity contribution >= 4 is 5.71 Å². The molecule has 1 aliphatic carbocycles. The van der Waals surface area contributed by atoms with Gasteiger partial charge in [-0.1, -0.05) is 17.1 Å². The molecule has 0 spiro atoms. The van der Waals surface area contributed by atoms with Crippen molar-refractivity contribution in [3.05, 3.63) is 41.7 Å². The van der Waals surface area contributed by atoms with Crippen LogP contribution in [0.2, 0.25) is 0 Å². The second-order valence-electron chi connectivity index (χ2n) is 4.07. The van der Waals surface area contributed by atoms with E-state index in [-0.39, 0.29) is 0 Å². The Labute approximate surface area is 112 Å². The number of halogens is 1. The van der Waals surface area contributed by atoms with Crippen molar-refractivity contribution in [2.24, 2.45) is 5.16 Å². The molecule has 19 heavy (non-hydrogen) atoms. The van der Waals surface area contributed by atoms with Gasteiger partial charge >= 0.3 is 0 Å². The van der Waals surface area contributed by atoms with Gasteiger partial charge in [-0.05, 0) is 43.9 Å². The molecule has 1 atom stereocenters. The quantitative estimate of drug-likeness (QED) is 0.604. The normalized spacial score (nSPS) is 20.4. The van der Waals surface area contributed by atoms with Crippen LogP contribution in [0.1, 0.15) is 25.5 Å². The van der Waals surface area contributed by atoms with Crippen LogP contribution >= 0.6 is 0 Å². The average Bonchev–Trinajstić information content (AvgIpc) is 2.46. The van der Waals surface area contributed by atoms with Gasteiger partial charge in [0.15, 0.2) is 0 Å². The minimum atomic E-state index is -1.06. The van der Waals surface area contributed by atoms with Gasteiger partial charge in [-0.3, -0.25) is 0 Å². The summed E-state index contributed by atoms with van der Waals surface area (Å²) in [7, 11) is 0. The van der Waals surface area contributed by atoms with Crippen LogP contribution in [-0.4, -0.2) is 23.5 Å². The van der Waals surface area contributed by atoms with Gasteiger partial charge in [0.2, 0.25) is 0 Å². The molecule has 4 heteroatoms. The molecule has 1 aliphatic rings. The van der Waals surface area contributed by atoms with Crippen LogP contribution in [0.25, 0.3) is 0 Å². The molecule has 0 fully saturated rings. The van der Waals surface area contributed by atoms with Gasteiger partial charge in [0, 0.05) is 11.8 Å². The van der Waals surface area contributed by atoms with E-state index in [0.717, 1.165) is 5.57 Å². The second kappa shape index (κ2) is 6.69. The number of allylic oxidation sites excluding steroid dienone is 2. The maximum absolute atomic E-state index is 13.6. The lowest BCUT2D eigenvalue weighted by Crippen LogP contribution is -2.18. The molecule has 98 valence electrons. The Morgan fingerprint density at radius 2 is 2.37 bits per heavy atom. The van der Waals surface area contributed by atoms with Crippen LogP contribution in [0.15, 0.2) is 41.2 Å². The minimum Gasteiger partial charge on any atom is -0.396 e. The zero-order valence-electron chi connectivity index (χ0n) is 10.8. The highest BCUT2D eigenvalue weighted by Gasteiger charge is 2.19. The third-order valence-corrected chi connectivity index (χ3v) is 2.63. The Morgan fingerprint density at radius 3 is 3.11 bits per heavy atom. The first-order chi connectivity index (χ1) is 9.29. The van der Waals surface area contributed by atoms with Crippen LogP contribution in [0.5, 0.6) is 0 Å². The SMILES string of the molecule is CCO/N=C1\C=C(C#Cc2ccccn2)CCC1F. The molecule has 0 saturated heterocycles. The third kappa shape index (κ3) is 3.92. The summed E-state index contributed by atoms with van der Waals surface area (Å²) >= 11 is 0. The fraction of sp³-hybridized carbons (Fsp3) is 0.333. The summed E-state index contributed by atoms with van der Waals surface area (Å²) in [6.45, 7) is 2.24. The van der Waals surface area contributed by atoms with E-state index in [4.69, 9.17) is 4.84 Å². The van der Waals surface area contributed by atoms with Crippen LogP contribution in [0.3, 0.4) is 0 Å². The van der Waals surface area contributed by atoms with Gasteiger partial charge in [0.1, 0.15) is 24.2 Å². The first kappa shape index (κ1) is 13.3. The first-order valence-corrected chi connectivity index (χ1v) is 6.27. The molecule has 0 saturated carbocycles. The Balaban J connectivity index is 2.15. The molecule has 1 heterocycles. The number of rotatable bonds is 2. The van der Waals surface area contributed by atoms with E-state index < -0.39 is 6.17 Å². The number of nitrogens with zero attached hydrogens (tertiary/aromatic N) is 2. The highest BCUT2D eigenvalue weighted by Crippen LogP contribution is 2.18. The Morgan fingerprint density at radius 1 is 1.47 bits per heavy atom. The average molecular weight is 258 g/mol. The molecule has 0 radical (unpaired) electrons.